The summed E-state index contributed by atoms with van der Waals surface area (Å²) in [6.07, 6.45) is 1.20. The Morgan fingerprint density at radius 2 is 2.30 bits per heavy atom. The number of hydrogen-bond donors (Lipinski definition) is 1. The number of rotatable bonds is 5. The average molecular weight is 280 g/mol. The van der Waals surface area contributed by atoms with Crippen molar-refractivity contribution in [3.63, 3.8) is 0 Å². The molecule has 1 aromatic carbocycles. The molecule has 1 N–H and O–H groups in total. The quantitative estimate of drug-likeness (QED) is 0.895. The molecule has 1 unspecified atom stereocenters. The van der Waals surface area contributed by atoms with Gasteiger partial charge in [0.15, 0.2) is 0 Å². The molecule has 1 aliphatic rings. The second-order valence-corrected chi connectivity index (χ2v) is 5.73. The van der Waals surface area contributed by atoms with Crippen LogP contribution < -0.4 is 0 Å². The predicted molar refractivity (Wildman–Crippen MR) is 75.3 cm³/mol. The predicted octanol–water partition coefficient (Wildman–Crippen LogP) is 1.91. The molecule has 0 radical (unpaired) electrons. The summed E-state index contributed by atoms with van der Waals surface area (Å²) < 4.78 is 13.3. The number of nitrogens with zero attached hydrogens (tertiary/aromatic N) is 2. The van der Waals surface area contributed by atoms with Crippen molar-refractivity contribution in [1.29, 1.82) is 0 Å². The molecule has 0 spiro atoms. The second-order valence-electron chi connectivity index (χ2n) is 5.73. The van der Waals surface area contributed by atoms with Gasteiger partial charge in [0.2, 0.25) is 0 Å². The van der Waals surface area contributed by atoms with Gasteiger partial charge in [-0.2, -0.15) is 0 Å². The first kappa shape index (κ1) is 14.9. The van der Waals surface area contributed by atoms with Gasteiger partial charge in [0.05, 0.1) is 5.56 Å². The molecule has 1 atom stereocenters. The van der Waals surface area contributed by atoms with E-state index in [1.165, 1.54) is 18.6 Å². The van der Waals surface area contributed by atoms with E-state index in [1.54, 1.807) is 6.07 Å². The van der Waals surface area contributed by atoms with E-state index < -0.39 is 11.8 Å². The van der Waals surface area contributed by atoms with Crippen molar-refractivity contribution in [3.8, 4) is 0 Å². The molecule has 5 heteroatoms. The monoisotopic (exact) mass is 280 g/mol. The van der Waals surface area contributed by atoms with Crippen LogP contribution in [0.3, 0.4) is 0 Å². The molecule has 1 aliphatic heterocycles. The van der Waals surface area contributed by atoms with Crippen molar-refractivity contribution in [3.05, 3.63) is 35.1 Å². The van der Waals surface area contributed by atoms with Crippen LogP contribution in [0.5, 0.6) is 0 Å². The Morgan fingerprint density at radius 3 is 2.90 bits per heavy atom. The third-order valence-corrected chi connectivity index (χ3v) is 3.77. The summed E-state index contributed by atoms with van der Waals surface area (Å²) in [7, 11) is 4.14. The van der Waals surface area contributed by atoms with E-state index in [2.05, 4.69) is 16.8 Å². The summed E-state index contributed by atoms with van der Waals surface area (Å²) in [6, 6.07) is 4.31. The number of hydrogen-bond acceptors (Lipinski definition) is 3. The van der Waals surface area contributed by atoms with Gasteiger partial charge in [-0.1, -0.05) is 6.07 Å². The van der Waals surface area contributed by atoms with Crippen molar-refractivity contribution in [2.24, 2.45) is 5.92 Å². The molecule has 110 valence electrons. The van der Waals surface area contributed by atoms with Crippen molar-refractivity contribution in [1.82, 2.24) is 9.80 Å². The fourth-order valence-corrected chi connectivity index (χ4v) is 2.83. The number of halogens is 1. The molecule has 0 aromatic heterocycles. The van der Waals surface area contributed by atoms with Crippen molar-refractivity contribution in [2.75, 3.05) is 33.7 Å². The molecule has 1 fully saturated rings. The lowest BCUT2D eigenvalue weighted by atomic mass is 10.1. The molecule has 0 bridgehead atoms. The minimum absolute atomic E-state index is 0.253. The van der Waals surface area contributed by atoms with Crippen LogP contribution >= 0.6 is 0 Å². The van der Waals surface area contributed by atoms with Gasteiger partial charge in [-0.3, -0.25) is 0 Å². The lowest BCUT2D eigenvalue weighted by Crippen LogP contribution is -2.27. The number of carbonyl (C=O) groups is 1. The summed E-state index contributed by atoms with van der Waals surface area (Å²) in [4.78, 5) is 15.4. The first-order chi connectivity index (χ1) is 9.45. The molecule has 0 amide bonds. The van der Waals surface area contributed by atoms with Crippen molar-refractivity contribution >= 4 is 5.97 Å². The largest absolute Gasteiger partial charge is 0.478 e. The standard InChI is InChI=1S/C15H21FN2O2/c1-17-6-5-12(9-17)10-18(2)8-11-3-4-14(16)13(7-11)15(19)20/h3-4,7,12H,5-6,8-10H2,1-2H3,(H,19,20). The number of benzene rings is 1. The zero-order valence-electron chi connectivity index (χ0n) is 12.0. The molecular weight excluding hydrogens is 259 g/mol. The van der Waals surface area contributed by atoms with Crippen molar-refractivity contribution < 1.29 is 14.3 Å². The number of aromatic carboxylic acids is 1. The molecule has 1 aromatic rings. The van der Waals surface area contributed by atoms with Crippen LogP contribution in [0.15, 0.2) is 18.2 Å². The van der Waals surface area contributed by atoms with Gasteiger partial charge in [-0.05, 0) is 50.7 Å². The maximum Gasteiger partial charge on any atom is 0.338 e. The van der Waals surface area contributed by atoms with Crippen LogP contribution in [-0.4, -0.2) is 54.6 Å². The molecule has 0 aliphatic carbocycles. The van der Waals surface area contributed by atoms with E-state index in [4.69, 9.17) is 5.11 Å². The van der Waals surface area contributed by atoms with Crippen LogP contribution in [0.25, 0.3) is 0 Å². The van der Waals surface area contributed by atoms with Gasteiger partial charge in [0, 0.05) is 19.6 Å². The second kappa shape index (κ2) is 6.33. The lowest BCUT2D eigenvalue weighted by molar-refractivity contribution is 0.0691. The Balaban J connectivity index is 1.95. The minimum atomic E-state index is -1.22. The Morgan fingerprint density at radius 1 is 1.55 bits per heavy atom. The fraction of sp³-hybridized carbons (Fsp3) is 0.533. The average Bonchev–Trinajstić information content (AvgIpc) is 2.76. The van der Waals surface area contributed by atoms with E-state index in [0.717, 1.165) is 25.2 Å². The summed E-state index contributed by atoms with van der Waals surface area (Å²) >= 11 is 0. The van der Waals surface area contributed by atoms with E-state index >= 15 is 0 Å². The summed E-state index contributed by atoms with van der Waals surface area (Å²) in [6.45, 7) is 3.86. The summed E-state index contributed by atoms with van der Waals surface area (Å²) in [5.41, 5.74) is 0.578. The van der Waals surface area contributed by atoms with Crippen molar-refractivity contribution in [2.45, 2.75) is 13.0 Å². The van der Waals surface area contributed by atoms with E-state index in [-0.39, 0.29) is 5.56 Å². The van der Waals surface area contributed by atoms with Crippen LogP contribution in [0, 0.1) is 11.7 Å². The van der Waals surface area contributed by atoms with Gasteiger partial charge >= 0.3 is 5.97 Å². The van der Waals surface area contributed by atoms with Gasteiger partial charge in [-0.25, -0.2) is 9.18 Å². The van der Waals surface area contributed by atoms with Gasteiger partial charge in [0.25, 0.3) is 0 Å². The van der Waals surface area contributed by atoms with Crippen LogP contribution in [0.4, 0.5) is 4.39 Å². The van der Waals surface area contributed by atoms with Gasteiger partial charge in [-0.15, -0.1) is 0 Å². The van der Waals surface area contributed by atoms with Crippen LogP contribution in [0.1, 0.15) is 22.3 Å². The normalized spacial score (nSPS) is 19.7. The summed E-state index contributed by atoms with van der Waals surface area (Å²) in [5.74, 6) is -1.24. The molecule has 0 saturated carbocycles. The SMILES string of the molecule is CN1CCC(CN(C)Cc2ccc(F)c(C(=O)O)c2)C1. The summed E-state index contributed by atoms with van der Waals surface area (Å²) in [5, 5.41) is 8.92. The Kier molecular flexibility index (Phi) is 4.73. The van der Waals surface area contributed by atoms with Gasteiger partial charge in [0.1, 0.15) is 5.82 Å². The Labute approximate surface area is 118 Å². The smallest absolute Gasteiger partial charge is 0.338 e. The highest BCUT2D eigenvalue weighted by Crippen LogP contribution is 2.17. The molecule has 1 heterocycles. The first-order valence-corrected chi connectivity index (χ1v) is 6.84. The first-order valence-electron chi connectivity index (χ1n) is 6.84. The third-order valence-electron chi connectivity index (χ3n) is 3.77. The maximum atomic E-state index is 13.3. The minimum Gasteiger partial charge on any atom is -0.478 e. The zero-order valence-corrected chi connectivity index (χ0v) is 12.0. The van der Waals surface area contributed by atoms with Crippen LogP contribution in [0.2, 0.25) is 0 Å². The molecular formula is C15H21FN2O2. The highest BCUT2D eigenvalue weighted by atomic mass is 19.1. The highest BCUT2D eigenvalue weighted by Gasteiger charge is 2.21. The maximum absolute atomic E-state index is 13.3. The molecule has 1 saturated heterocycles. The van der Waals surface area contributed by atoms with Crippen LogP contribution in [-0.2, 0) is 6.54 Å². The number of carboxylic acid groups (broad SMARTS) is 1. The highest BCUT2D eigenvalue weighted by molar-refractivity contribution is 5.88. The molecule has 4 nitrogen and oxygen atoms in total. The Hall–Kier alpha value is -1.46. The molecule has 20 heavy (non-hydrogen) atoms. The van der Waals surface area contributed by atoms with E-state index in [9.17, 15) is 9.18 Å². The lowest BCUT2D eigenvalue weighted by Gasteiger charge is -2.21. The number of carboxylic acids is 1. The van der Waals surface area contributed by atoms with Gasteiger partial charge < -0.3 is 14.9 Å². The van der Waals surface area contributed by atoms with E-state index in [1.807, 2.05) is 7.05 Å². The zero-order chi connectivity index (χ0) is 14.7. The topological polar surface area (TPSA) is 43.8 Å². The molecule has 2 rings (SSSR count). The Bertz CT molecular complexity index is 493. The number of likely N-dealkylation sites (tertiary alicyclic amines) is 1. The fourth-order valence-electron chi connectivity index (χ4n) is 2.83. The third kappa shape index (κ3) is 3.77. The van der Waals surface area contributed by atoms with E-state index in [0.29, 0.717) is 12.5 Å².